The smallest absolute Gasteiger partial charge is 0.238 e. The number of nitrogens with zero attached hydrogens (tertiary/aromatic N) is 1. The minimum Gasteiger partial charge on any atom is -0.486 e. The molecule has 1 aromatic carbocycles. The molecule has 1 N–H and O–H groups in total. The maximum absolute atomic E-state index is 13.0. The molecular weight excluding hydrogens is 392 g/mol. The molecule has 1 aromatic rings. The topological polar surface area (TPSA) is 84.9 Å². The standard InChI is InChI=1S/C21H30N2O5S/c1-29(25,26)23-11-5-2-6-17(23)20(24)22-15-21(9-3-4-10-21)16-7-8-18-19(14-16)28-13-12-27-18/h7-8,14,17H,2-6,9-13,15H2,1H3,(H,22,24). The summed E-state index contributed by atoms with van der Waals surface area (Å²) in [6, 6.07) is 5.49. The summed E-state index contributed by atoms with van der Waals surface area (Å²) in [6.45, 7) is 2.04. The van der Waals surface area contributed by atoms with Gasteiger partial charge in [-0.05, 0) is 43.4 Å². The summed E-state index contributed by atoms with van der Waals surface area (Å²) in [4.78, 5) is 13.0. The van der Waals surface area contributed by atoms with Crippen LogP contribution < -0.4 is 14.8 Å². The number of sulfonamides is 1. The molecule has 2 fully saturated rings. The second-order valence-electron chi connectivity index (χ2n) is 8.45. The average molecular weight is 423 g/mol. The normalized spacial score (nSPS) is 24.2. The fourth-order valence-corrected chi connectivity index (χ4v) is 6.05. The van der Waals surface area contributed by atoms with Gasteiger partial charge in [0.15, 0.2) is 11.5 Å². The number of hydrogen-bond acceptors (Lipinski definition) is 5. The van der Waals surface area contributed by atoms with Crippen LogP contribution in [-0.2, 0) is 20.2 Å². The Morgan fingerprint density at radius 2 is 1.86 bits per heavy atom. The first-order chi connectivity index (χ1) is 13.9. The van der Waals surface area contributed by atoms with E-state index >= 15 is 0 Å². The molecule has 2 aliphatic heterocycles. The number of fused-ring (bicyclic) bond motifs is 1. The quantitative estimate of drug-likeness (QED) is 0.786. The molecule has 0 radical (unpaired) electrons. The molecule has 29 heavy (non-hydrogen) atoms. The van der Waals surface area contributed by atoms with Crippen LogP contribution in [0.5, 0.6) is 11.5 Å². The summed E-state index contributed by atoms with van der Waals surface area (Å²) in [6.07, 6.45) is 7.66. The van der Waals surface area contributed by atoms with Crippen LogP contribution in [0.1, 0.15) is 50.5 Å². The molecule has 3 aliphatic rings. The van der Waals surface area contributed by atoms with Gasteiger partial charge >= 0.3 is 0 Å². The Hall–Kier alpha value is -1.80. The lowest BCUT2D eigenvalue weighted by Gasteiger charge is -2.35. The van der Waals surface area contributed by atoms with E-state index in [-0.39, 0.29) is 11.3 Å². The van der Waals surface area contributed by atoms with Gasteiger partial charge < -0.3 is 14.8 Å². The van der Waals surface area contributed by atoms with Gasteiger partial charge in [-0.3, -0.25) is 4.79 Å². The van der Waals surface area contributed by atoms with Gasteiger partial charge in [0, 0.05) is 18.5 Å². The number of ether oxygens (including phenoxy) is 2. The van der Waals surface area contributed by atoms with E-state index in [0.29, 0.717) is 32.7 Å². The highest BCUT2D eigenvalue weighted by molar-refractivity contribution is 7.88. The molecule has 0 aromatic heterocycles. The molecule has 0 bridgehead atoms. The van der Waals surface area contributed by atoms with Crippen LogP contribution in [0.2, 0.25) is 0 Å². The number of nitrogens with one attached hydrogen (secondary N) is 1. The first-order valence-electron chi connectivity index (χ1n) is 10.5. The minimum atomic E-state index is -3.39. The van der Waals surface area contributed by atoms with Crippen molar-refractivity contribution >= 4 is 15.9 Å². The Morgan fingerprint density at radius 3 is 2.59 bits per heavy atom. The second-order valence-corrected chi connectivity index (χ2v) is 10.4. The lowest BCUT2D eigenvalue weighted by atomic mass is 9.78. The lowest BCUT2D eigenvalue weighted by Crippen LogP contribution is -2.53. The zero-order valence-corrected chi connectivity index (χ0v) is 17.8. The molecule has 1 atom stereocenters. The fraction of sp³-hybridized carbons (Fsp3) is 0.667. The number of carbonyl (C=O) groups excluding carboxylic acids is 1. The molecule has 160 valence electrons. The maximum Gasteiger partial charge on any atom is 0.238 e. The van der Waals surface area contributed by atoms with E-state index in [1.165, 1.54) is 10.6 Å². The van der Waals surface area contributed by atoms with E-state index in [9.17, 15) is 13.2 Å². The number of carbonyl (C=O) groups is 1. The Morgan fingerprint density at radius 1 is 1.14 bits per heavy atom. The van der Waals surface area contributed by atoms with Gasteiger partial charge in [-0.15, -0.1) is 0 Å². The molecule has 2 heterocycles. The summed E-state index contributed by atoms with van der Waals surface area (Å²) in [5, 5.41) is 3.10. The number of benzene rings is 1. The van der Waals surface area contributed by atoms with Gasteiger partial charge in [0.1, 0.15) is 19.3 Å². The molecule has 1 saturated carbocycles. The van der Waals surface area contributed by atoms with E-state index in [4.69, 9.17) is 9.47 Å². The predicted molar refractivity (Wildman–Crippen MR) is 110 cm³/mol. The van der Waals surface area contributed by atoms with Crippen molar-refractivity contribution in [1.82, 2.24) is 9.62 Å². The number of hydrogen-bond donors (Lipinski definition) is 1. The summed E-state index contributed by atoms with van der Waals surface area (Å²) in [5.41, 5.74) is 1.01. The van der Waals surface area contributed by atoms with E-state index < -0.39 is 16.1 Å². The van der Waals surface area contributed by atoms with Crippen LogP contribution in [0, 0.1) is 0 Å². The molecule has 8 heteroatoms. The van der Waals surface area contributed by atoms with Crippen LogP contribution in [0.3, 0.4) is 0 Å². The number of piperidine rings is 1. The Balaban J connectivity index is 1.51. The lowest BCUT2D eigenvalue weighted by molar-refractivity contribution is -0.126. The molecule has 1 aliphatic carbocycles. The Labute approximate surface area is 172 Å². The molecule has 1 saturated heterocycles. The largest absolute Gasteiger partial charge is 0.486 e. The SMILES string of the molecule is CS(=O)(=O)N1CCCCC1C(=O)NCC1(c2ccc3c(c2)OCCO3)CCCC1. The molecule has 1 unspecified atom stereocenters. The van der Waals surface area contributed by atoms with Crippen LogP contribution >= 0.6 is 0 Å². The van der Waals surface area contributed by atoms with Crippen LogP contribution in [0.15, 0.2) is 18.2 Å². The number of rotatable bonds is 5. The first-order valence-corrected chi connectivity index (χ1v) is 12.4. The molecule has 1 amide bonds. The minimum absolute atomic E-state index is 0.143. The van der Waals surface area contributed by atoms with Crippen molar-refractivity contribution in [1.29, 1.82) is 0 Å². The molecule has 0 spiro atoms. The van der Waals surface area contributed by atoms with Gasteiger partial charge in [-0.1, -0.05) is 25.3 Å². The van der Waals surface area contributed by atoms with Crippen molar-refractivity contribution in [3.8, 4) is 11.5 Å². The van der Waals surface area contributed by atoms with E-state index in [0.717, 1.165) is 55.6 Å². The third-order valence-corrected chi connectivity index (χ3v) is 7.79. The fourth-order valence-electron chi connectivity index (χ4n) is 4.93. The van der Waals surface area contributed by atoms with Gasteiger partial charge in [0.25, 0.3) is 0 Å². The van der Waals surface area contributed by atoms with Crippen molar-refractivity contribution in [2.75, 3.05) is 32.6 Å². The van der Waals surface area contributed by atoms with Crippen LogP contribution in [0.4, 0.5) is 0 Å². The highest BCUT2D eigenvalue weighted by Gasteiger charge is 2.39. The molecular formula is C21H30N2O5S. The van der Waals surface area contributed by atoms with Gasteiger partial charge in [0.2, 0.25) is 15.9 Å². The zero-order chi connectivity index (χ0) is 20.5. The summed E-state index contributed by atoms with van der Waals surface area (Å²) >= 11 is 0. The van der Waals surface area contributed by atoms with E-state index in [1.807, 2.05) is 6.07 Å². The van der Waals surface area contributed by atoms with Gasteiger partial charge in [-0.2, -0.15) is 4.31 Å². The van der Waals surface area contributed by atoms with Crippen molar-refractivity contribution in [3.63, 3.8) is 0 Å². The van der Waals surface area contributed by atoms with Gasteiger partial charge in [0.05, 0.1) is 6.26 Å². The Kier molecular flexibility index (Phi) is 5.75. The highest BCUT2D eigenvalue weighted by Crippen LogP contribution is 2.44. The maximum atomic E-state index is 13.0. The third-order valence-electron chi connectivity index (χ3n) is 6.50. The number of amides is 1. The summed E-state index contributed by atoms with van der Waals surface area (Å²) in [5.74, 6) is 1.35. The summed E-state index contributed by atoms with van der Waals surface area (Å²) < 4.78 is 37.0. The summed E-state index contributed by atoms with van der Waals surface area (Å²) in [7, 11) is -3.39. The van der Waals surface area contributed by atoms with Gasteiger partial charge in [-0.25, -0.2) is 8.42 Å². The average Bonchev–Trinajstić information content (AvgIpc) is 3.21. The molecule has 7 nitrogen and oxygen atoms in total. The highest BCUT2D eigenvalue weighted by atomic mass is 32.2. The third kappa shape index (κ3) is 4.23. The van der Waals surface area contributed by atoms with Crippen molar-refractivity contribution in [3.05, 3.63) is 23.8 Å². The predicted octanol–water partition coefficient (Wildman–Crippen LogP) is 2.20. The zero-order valence-electron chi connectivity index (χ0n) is 17.0. The van der Waals surface area contributed by atoms with Crippen molar-refractivity contribution in [2.24, 2.45) is 0 Å². The first kappa shape index (κ1) is 20.5. The van der Waals surface area contributed by atoms with E-state index in [2.05, 4.69) is 17.4 Å². The van der Waals surface area contributed by atoms with Crippen LogP contribution in [0.25, 0.3) is 0 Å². The Bertz CT molecular complexity index is 864. The van der Waals surface area contributed by atoms with Crippen molar-refractivity contribution < 1.29 is 22.7 Å². The molecule has 4 rings (SSSR count). The van der Waals surface area contributed by atoms with Crippen molar-refractivity contribution in [2.45, 2.75) is 56.4 Å². The second kappa shape index (κ2) is 8.14. The van der Waals surface area contributed by atoms with Crippen LogP contribution in [-0.4, -0.2) is 57.2 Å². The monoisotopic (exact) mass is 422 g/mol. The van der Waals surface area contributed by atoms with E-state index in [1.54, 1.807) is 0 Å².